The van der Waals surface area contributed by atoms with E-state index in [2.05, 4.69) is 27.4 Å². The third-order valence-corrected chi connectivity index (χ3v) is 4.14. The van der Waals surface area contributed by atoms with E-state index < -0.39 is 11.2 Å². The van der Waals surface area contributed by atoms with Crippen molar-refractivity contribution in [3.63, 3.8) is 0 Å². The van der Waals surface area contributed by atoms with Crippen molar-refractivity contribution in [3.05, 3.63) is 12.2 Å². The van der Waals surface area contributed by atoms with Gasteiger partial charge in [-0.3, -0.25) is 0 Å². The van der Waals surface area contributed by atoms with Gasteiger partial charge in [-0.1, -0.05) is 27.4 Å². The number of carbonyl (C=O) groups excluding carboxylic acids is 1. The molecule has 3 nitrogen and oxygen atoms in total. The van der Waals surface area contributed by atoms with Crippen molar-refractivity contribution < 1.29 is 14.6 Å². The molecular formula is C15H26O3. The van der Waals surface area contributed by atoms with Crippen molar-refractivity contribution in [1.82, 2.24) is 0 Å². The van der Waals surface area contributed by atoms with Crippen molar-refractivity contribution in [2.75, 3.05) is 0 Å². The number of hydrogen-bond donors (Lipinski definition) is 1. The molecule has 0 aromatic rings. The summed E-state index contributed by atoms with van der Waals surface area (Å²) in [5.74, 6) is -0.327. The molecule has 0 aliphatic heterocycles. The zero-order valence-electron chi connectivity index (χ0n) is 12.3. The van der Waals surface area contributed by atoms with Crippen LogP contribution in [-0.2, 0) is 9.53 Å². The first-order valence-corrected chi connectivity index (χ1v) is 6.60. The molecule has 1 fully saturated rings. The largest absolute Gasteiger partial charge is 0.455 e. The molecule has 18 heavy (non-hydrogen) atoms. The minimum absolute atomic E-state index is 0.144. The predicted octanol–water partition coefficient (Wildman–Crippen LogP) is 3.22. The van der Waals surface area contributed by atoms with E-state index in [9.17, 15) is 9.90 Å². The average Bonchev–Trinajstić information content (AvgIpc) is 2.19. The van der Waals surface area contributed by atoms with E-state index in [0.29, 0.717) is 31.3 Å². The summed E-state index contributed by atoms with van der Waals surface area (Å²) in [6, 6.07) is 0. The Bertz CT molecular complexity index is 337. The molecule has 1 saturated carbocycles. The van der Waals surface area contributed by atoms with Gasteiger partial charge in [-0.25, -0.2) is 4.79 Å². The van der Waals surface area contributed by atoms with Crippen molar-refractivity contribution in [2.24, 2.45) is 5.41 Å². The first-order valence-electron chi connectivity index (χ1n) is 6.60. The van der Waals surface area contributed by atoms with Crippen LogP contribution in [-0.4, -0.2) is 22.3 Å². The lowest BCUT2D eigenvalue weighted by molar-refractivity contribution is -0.184. The highest BCUT2D eigenvalue weighted by molar-refractivity contribution is 5.87. The molecule has 1 aliphatic carbocycles. The minimum atomic E-state index is -0.635. The van der Waals surface area contributed by atoms with E-state index in [-0.39, 0.29) is 11.4 Å². The molecular weight excluding hydrogens is 228 g/mol. The van der Waals surface area contributed by atoms with Gasteiger partial charge in [0.25, 0.3) is 0 Å². The molecule has 0 amide bonds. The molecule has 0 radical (unpaired) electrons. The zero-order chi connectivity index (χ0) is 14.2. The van der Waals surface area contributed by atoms with Crippen LogP contribution in [0, 0.1) is 5.41 Å². The molecule has 0 saturated heterocycles. The van der Waals surface area contributed by atoms with Crippen LogP contribution in [0.4, 0.5) is 0 Å². The molecule has 0 bridgehead atoms. The second-order valence-corrected chi connectivity index (χ2v) is 6.91. The number of hydrogen-bond acceptors (Lipinski definition) is 3. The van der Waals surface area contributed by atoms with Crippen LogP contribution in [0.25, 0.3) is 0 Å². The van der Waals surface area contributed by atoms with E-state index in [0.717, 1.165) is 0 Å². The van der Waals surface area contributed by atoms with Crippen LogP contribution < -0.4 is 0 Å². The third-order valence-electron chi connectivity index (χ3n) is 4.14. The Morgan fingerprint density at radius 3 is 2.00 bits per heavy atom. The summed E-state index contributed by atoms with van der Waals surface area (Å²) in [6.07, 6.45) is 2.71. The maximum Gasteiger partial charge on any atom is 0.333 e. The quantitative estimate of drug-likeness (QED) is 0.608. The zero-order valence-corrected chi connectivity index (χ0v) is 12.3. The van der Waals surface area contributed by atoms with E-state index in [1.54, 1.807) is 6.92 Å². The lowest BCUT2D eigenvalue weighted by Crippen LogP contribution is -2.52. The summed E-state index contributed by atoms with van der Waals surface area (Å²) in [6.45, 7) is 13.4. The fourth-order valence-corrected chi connectivity index (χ4v) is 2.46. The van der Waals surface area contributed by atoms with Gasteiger partial charge in [0.05, 0.1) is 5.60 Å². The summed E-state index contributed by atoms with van der Waals surface area (Å²) in [5, 5.41) is 10.1. The van der Waals surface area contributed by atoms with Gasteiger partial charge in [-0.05, 0) is 39.5 Å². The topological polar surface area (TPSA) is 46.5 Å². The summed E-state index contributed by atoms with van der Waals surface area (Å²) in [5.41, 5.74) is -0.847. The van der Waals surface area contributed by atoms with Crippen LogP contribution in [0.3, 0.4) is 0 Å². The molecule has 0 spiro atoms. The predicted molar refractivity (Wildman–Crippen MR) is 72.2 cm³/mol. The Labute approximate surface area is 110 Å². The first kappa shape index (κ1) is 15.2. The minimum Gasteiger partial charge on any atom is -0.455 e. The number of rotatable bonds is 2. The fourth-order valence-electron chi connectivity index (χ4n) is 2.46. The fraction of sp³-hybridized carbons (Fsp3) is 0.800. The van der Waals surface area contributed by atoms with Gasteiger partial charge in [-0.15, -0.1) is 0 Å². The Balaban J connectivity index is 2.93. The molecule has 0 unspecified atom stereocenters. The van der Waals surface area contributed by atoms with Crippen LogP contribution in [0.1, 0.15) is 60.3 Å². The monoisotopic (exact) mass is 254 g/mol. The third kappa shape index (κ3) is 3.14. The maximum atomic E-state index is 11.8. The number of esters is 1. The molecule has 1 N–H and O–H groups in total. The van der Waals surface area contributed by atoms with Crippen LogP contribution >= 0.6 is 0 Å². The number of carbonyl (C=O) groups is 1. The summed E-state index contributed by atoms with van der Waals surface area (Å²) in [7, 11) is 0. The molecule has 0 aromatic heterocycles. The Kier molecular flexibility index (Phi) is 3.97. The standard InChI is InChI=1S/C15H26O3/c1-11(2)12(16)18-15(13(3,4)5)9-7-14(6,17)8-10-15/h17H,1,7-10H2,2-6H3. The van der Waals surface area contributed by atoms with E-state index in [1.807, 2.05) is 6.92 Å². The van der Waals surface area contributed by atoms with Gasteiger partial charge >= 0.3 is 5.97 Å². The SMILES string of the molecule is C=C(C)C(=O)OC1(C(C)(C)C)CCC(C)(O)CC1. The summed E-state index contributed by atoms with van der Waals surface area (Å²) < 4.78 is 5.75. The van der Waals surface area contributed by atoms with Gasteiger partial charge in [0, 0.05) is 11.0 Å². The van der Waals surface area contributed by atoms with Crippen LogP contribution in [0.2, 0.25) is 0 Å². The van der Waals surface area contributed by atoms with E-state index in [4.69, 9.17) is 4.74 Å². The van der Waals surface area contributed by atoms with Crippen LogP contribution in [0.15, 0.2) is 12.2 Å². The number of aliphatic hydroxyl groups is 1. The second kappa shape index (κ2) is 4.69. The number of ether oxygens (including phenoxy) is 1. The van der Waals surface area contributed by atoms with Crippen LogP contribution in [0.5, 0.6) is 0 Å². The van der Waals surface area contributed by atoms with E-state index >= 15 is 0 Å². The van der Waals surface area contributed by atoms with Crippen molar-refractivity contribution >= 4 is 5.97 Å². The molecule has 0 atom stereocenters. The first-order chi connectivity index (χ1) is 7.99. The average molecular weight is 254 g/mol. The van der Waals surface area contributed by atoms with Gasteiger partial charge in [0.15, 0.2) is 0 Å². The second-order valence-electron chi connectivity index (χ2n) is 6.91. The lowest BCUT2D eigenvalue weighted by Gasteiger charge is -2.49. The van der Waals surface area contributed by atoms with Crippen molar-refractivity contribution in [2.45, 2.75) is 71.5 Å². The van der Waals surface area contributed by atoms with Crippen molar-refractivity contribution in [3.8, 4) is 0 Å². The highest BCUT2D eigenvalue weighted by atomic mass is 16.6. The molecule has 1 aliphatic rings. The van der Waals surface area contributed by atoms with Gasteiger partial charge in [-0.2, -0.15) is 0 Å². The van der Waals surface area contributed by atoms with E-state index in [1.165, 1.54) is 0 Å². The highest BCUT2D eigenvalue weighted by Crippen LogP contribution is 2.47. The summed E-state index contributed by atoms with van der Waals surface area (Å²) in [4.78, 5) is 11.8. The van der Waals surface area contributed by atoms with Gasteiger partial charge in [0.1, 0.15) is 5.60 Å². The Morgan fingerprint density at radius 1 is 1.22 bits per heavy atom. The molecule has 3 heteroatoms. The molecule has 104 valence electrons. The van der Waals surface area contributed by atoms with Gasteiger partial charge in [0.2, 0.25) is 0 Å². The van der Waals surface area contributed by atoms with Crippen molar-refractivity contribution in [1.29, 1.82) is 0 Å². The molecule has 0 aromatic carbocycles. The Hall–Kier alpha value is -0.830. The molecule has 1 rings (SSSR count). The highest BCUT2D eigenvalue weighted by Gasteiger charge is 2.49. The smallest absolute Gasteiger partial charge is 0.333 e. The Morgan fingerprint density at radius 2 is 1.67 bits per heavy atom. The lowest BCUT2D eigenvalue weighted by atomic mass is 9.65. The normalized spacial score (nSPS) is 33.0. The molecule has 0 heterocycles. The summed E-state index contributed by atoms with van der Waals surface area (Å²) >= 11 is 0. The van der Waals surface area contributed by atoms with Gasteiger partial charge < -0.3 is 9.84 Å². The maximum absolute atomic E-state index is 11.8.